The molecule has 1 heterocycles. The Morgan fingerprint density at radius 1 is 1.07 bits per heavy atom. The summed E-state index contributed by atoms with van der Waals surface area (Å²) in [5.74, 6) is 0. The lowest BCUT2D eigenvalue weighted by molar-refractivity contribution is 0.565. The first-order valence-electron chi connectivity index (χ1n) is 5.95. The highest BCUT2D eigenvalue weighted by Crippen LogP contribution is 2.33. The van der Waals surface area contributed by atoms with Gasteiger partial charge in [-0.1, -0.05) is 32.9 Å². The molecule has 0 bridgehead atoms. The van der Waals surface area contributed by atoms with E-state index in [1.807, 2.05) is 0 Å². The quantitative estimate of drug-likeness (QED) is 0.512. The van der Waals surface area contributed by atoms with Gasteiger partial charge in [-0.05, 0) is 30.0 Å². The van der Waals surface area contributed by atoms with Crippen LogP contribution in [0.25, 0.3) is 0 Å². The average Bonchev–Trinajstić information content (AvgIpc) is 2.97. The van der Waals surface area contributed by atoms with Gasteiger partial charge in [-0.25, -0.2) is 0 Å². The van der Waals surface area contributed by atoms with Crippen molar-refractivity contribution in [1.82, 2.24) is 4.48 Å². The van der Waals surface area contributed by atoms with Gasteiger partial charge in [-0.3, -0.25) is 4.48 Å². The number of likely N-dealkylation sites (N-methyl/N-ethyl adjacent to an activating group) is 1. The third-order valence-corrected chi connectivity index (χ3v) is 3.65. The minimum atomic E-state index is 0.272. The molecule has 1 fully saturated rings. The van der Waals surface area contributed by atoms with Crippen LogP contribution in [0.3, 0.4) is 0 Å². The van der Waals surface area contributed by atoms with Crippen LogP contribution < -0.4 is 4.48 Å². The van der Waals surface area contributed by atoms with Crippen LogP contribution in [0.15, 0.2) is 24.3 Å². The zero-order valence-electron chi connectivity index (χ0n) is 10.4. The van der Waals surface area contributed by atoms with Crippen molar-refractivity contribution in [2.75, 3.05) is 19.6 Å². The average molecular weight is 204 g/mol. The van der Waals surface area contributed by atoms with Gasteiger partial charge >= 0.3 is 0 Å². The predicted molar refractivity (Wildman–Crippen MR) is 67.2 cm³/mol. The van der Waals surface area contributed by atoms with Crippen LogP contribution in [0.5, 0.6) is 0 Å². The molecule has 15 heavy (non-hydrogen) atoms. The molecule has 2 rings (SSSR count). The van der Waals surface area contributed by atoms with Crippen molar-refractivity contribution in [1.29, 1.82) is 0 Å². The summed E-state index contributed by atoms with van der Waals surface area (Å²) in [5.41, 5.74) is 3.20. The van der Waals surface area contributed by atoms with Crippen LogP contribution in [0.2, 0.25) is 0 Å². The fraction of sp³-hybridized carbons (Fsp3) is 0.571. The van der Waals surface area contributed by atoms with E-state index in [1.54, 1.807) is 0 Å². The molecule has 0 atom stereocenters. The Kier molecular flexibility index (Phi) is 2.38. The summed E-state index contributed by atoms with van der Waals surface area (Å²) >= 11 is 0. The maximum absolute atomic E-state index is 2.32. The van der Waals surface area contributed by atoms with Gasteiger partial charge in [0.2, 0.25) is 0 Å². The molecule has 1 aliphatic rings. The molecule has 0 unspecified atom stereocenters. The minimum Gasteiger partial charge on any atom is -0.282 e. The molecule has 1 aromatic rings. The van der Waals surface area contributed by atoms with Gasteiger partial charge < -0.3 is 0 Å². The van der Waals surface area contributed by atoms with E-state index < -0.39 is 0 Å². The molecule has 0 saturated carbocycles. The van der Waals surface area contributed by atoms with E-state index >= 15 is 0 Å². The second-order valence-corrected chi connectivity index (χ2v) is 5.71. The van der Waals surface area contributed by atoms with Gasteiger partial charge in [0, 0.05) is 0 Å². The van der Waals surface area contributed by atoms with Gasteiger partial charge in [0.05, 0.1) is 6.54 Å². The summed E-state index contributed by atoms with van der Waals surface area (Å²) in [5, 5.41) is 0. The molecule has 0 radical (unpaired) electrons. The number of nitrogens with zero attached hydrogens (tertiary/aromatic N) is 1. The van der Waals surface area contributed by atoms with Crippen LogP contribution in [0, 0.1) is 0 Å². The Hall–Kier alpha value is -0.820. The Morgan fingerprint density at radius 2 is 1.60 bits per heavy atom. The first kappa shape index (κ1) is 10.7. The molecule has 0 amide bonds. The Labute approximate surface area is 93.3 Å². The minimum absolute atomic E-state index is 0.272. The van der Waals surface area contributed by atoms with E-state index in [1.165, 1.54) is 35.4 Å². The molecule has 82 valence electrons. The normalized spacial score (nSPS) is 18.9. The highest BCUT2D eigenvalue weighted by Gasteiger charge is 2.42. The Bertz CT molecular complexity index is 339. The molecular formula is C14H22N+. The lowest BCUT2D eigenvalue weighted by atomic mass is 9.87. The molecule has 0 aliphatic carbocycles. The van der Waals surface area contributed by atoms with Crippen molar-refractivity contribution in [2.45, 2.75) is 33.1 Å². The number of benzene rings is 1. The standard InChI is InChI=1S/C14H22N/c1-5-15(10-11-15)13-8-6-12(7-9-13)14(2,3)4/h6-9H,5,10-11H2,1-4H3/q+1. The molecule has 1 nitrogen and oxygen atoms in total. The lowest BCUT2D eigenvalue weighted by Crippen LogP contribution is -2.25. The fourth-order valence-corrected chi connectivity index (χ4v) is 2.16. The van der Waals surface area contributed by atoms with Crippen molar-refractivity contribution in [2.24, 2.45) is 0 Å². The van der Waals surface area contributed by atoms with E-state index in [-0.39, 0.29) is 5.41 Å². The Morgan fingerprint density at radius 3 is 1.93 bits per heavy atom. The van der Waals surface area contributed by atoms with Crippen molar-refractivity contribution in [3.05, 3.63) is 29.8 Å². The number of hydrogen-bond donors (Lipinski definition) is 0. The molecule has 0 aromatic heterocycles. The first-order valence-corrected chi connectivity index (χ1v) is 5.95. The summed E-state index contributed by atoms with van der Waals surface area (Å²) in [6, 6.07) is 9.22. The summed E-state index contributed by atoms with van der Waals surface area (Å²) in [4.78, 5) is 0. The van der Waals surface area contributed by atoms with Gasteiger partial charge in [0.1, 0.15) is 18.8 Å². The summed E-state index contributed by atoms with van der Waals surface area (Å²) in [7, 11) is 0. The Balaban J connectivity index is 2.25. The largest absolute Gasteiger partial charge is 0.282 e. The molecule has 0 spiro atoms. The highest BCUT2D eigenvalue weighted by atomic mass is 15.5. The van der Waals surface area contributed by atoms with Crippen molar-refractivity contribution >= 4 is 5.69 Å². The fourth-order valence-electron chi connectivity index (χ4n) is 2.16. The molecule has 1 saturated heterocycles. The number of rotatable bonds is 2. The first-order chi connectivity index (χ1) is 6.98. The second kappa shape index (κ2) is 3.34. The van der Waals surface area contributed by atoms with Crippen LogP contribution in [-0.4, -0.2) is 19.6 Å². The second-order valence-electron chi connectivity index (χ2n) is 5.71. The molecule has 1 heteroatoms. The SMILES string of the molecule is CC[N+]1(c2ccc(C(C)(C)C)cc2)CC1. The zero-order chi connectivity index (χ0) is 11.1. The summed E-state index contributed by atoms with van der Waals surface area (Å²) in [6.45, 7) is 13.0. The molecular weight excluding hydrogens is 182 g/mol. The predicted octanol–water partition coefficient (Wildman–Crippen LogP) is 3.32. The monoisotopic (exact) mass is 204 g/mol. The van der Waals surface area contributed by atoms with Crippen LogP contribution >= 0.6 is 0 Å². The number of quaternary nitrogens is 1. The van der Waals surface area contributed by atoms with E-state index in [4.69, 9.17) is 0 Å². The smallest absolute Gasteiger partial charge is 0.134 e. The molecule has 0 N–H and O–H groups in total. The molecule has 1 aromatic carbocycles. The van der Waals surface area contributed by atoms with Gasteiger partial charge in [0.25, 0.3) is 0 Å². The zero-order valence-corrected chi connectivity index (χ0v) is 10.4. The van der Waals surface area contributed by atoms with E-state index in [9.17, 15) is 0 Å². The summed E-state index contributed by atoms with van der Waals surface area (Å²) in [6.07, 6.45) is 0. The van der Waals surface area contributed by atoms with Crippen molar-refractivity contribution < 1.29 is 0 Å². The van der Waals surface area contributed by atoms with E-state index in [2.05, 4.69) is 52.0 Å². The topological polar surface area (TPSA) is 0 Å². The molecule has 1 aliphatic heterocycles. The van der Waals surface area contributed by atoms with E-state index in [0.29, 0.717) is 0 Å². The maximum Gasteiger partial charge on any atom is 0.134 e. The van der Waals surface area contributed by atoms with E-state index in [0.717, 1.165) is 0 Å². The third-order valence-electron chi connectivity index (χ3n) is 3.65. The third kappa shape index (κ3) is 1.93. The van der Waals surface area contributed by atoms with Crippen molar-refractivity contribution in [3.63, 3.8) is 0 Å². The van der Waals surface area contributed by atoms with Gasteiger partial charge in [0.15, 0.2) is 0 Å². The van der Waals surface area contributed by atoms with Crippen LogP contribution in [-0.2, 0) is 5.41 Å². The van der Waals surface area contributed by atoms with Gasteiger partial charge in [-0.2, -0.15) is 0 Å². The summed E-state index contributed by atoms with van der Waals surface area (Å²) < 4.78 is 1.20. The van der Waals surface area contributed by atoms with Crippen LogP contribution in [0.1, 0.15) is 33.3 Å². The van der Waals surface area contributed by atoms with Crippen molar-refractivity contribution in [3.8, 4) is 0 Å². The number of hydrogen-bond acceptors (Lipinski definition) is 0. The van der Waals surface area contributed by atoms with Crippen LogP contribution in [0.4, 0.5) is 5.69 Å². The highest BCUT2D eigenvalue weighted by molar-refractivity contribution is 5.49. The lowest BCUT2D eigenvalue weighted by Gasteiger charge is -2.21. The van der Waals surface area contributed by atoms with Gasteiger partial charge in [-0.15, -0.1) is 0 Å². The maximum atomic E-state index is 2.32.